The summed E-state index contributed by atoms with van der Waals surface area (Å²) < 4.78 is 6.22. The zero-order chi connectivity index (χ0) is 39.5. The van der Waals surface area contributed by atoms with Crippen LogP contribution in [0.15, 0.2) is 102 Å². The molecule has 3 aliphatic heterocycles. The average molecular weight is 770 g/mol. The van der Waals surface area contributed by atoms with Gasteiger partial charge < -0.3 is 35.9 Å². The first kappa shape index (κ1) is 38.1. The minimum atomic E-state index is -1.22. The molecule has 2 unspecified atom stereocenters. The van der Waals surface area contributed by atoms with Crippen molar-refractivity contribution >= 4 is 34.4 Å². The number of phenolic OH excluding ortho intramolecular Hbond substituents is 1. The lowest BCUT2D eigenvalue weighted by Gasteiger charge is -2.45. The normalized spacial score (nSPS) is 21.5. The van der Waals surface area contributed by atoms with E-state index in [0.717, 1.165) is 60.3 Å². The number of piperidine rings is 3. The third-order valence-corrected chi connectivity index (χ3v) is 11.7. The van der Waals surface area contributed by atoms with Crippen LogP contribution in [0.2, 0.25) is 0 Å². The Labute approximate surface area is 330 Å². The van der Waals surface area contributed by atoms with Gasteiger partial charge in [0.05, 0.1) is 24.5 Å². The molecule has 6 N–H and O–H groups in total. The van der Waals surface area contributed by atoms with Gasteiger partial charge in [-0.05, 0) is 102 Å². The van der Waals surface area contributed by atoms with Gasteiger partial charge in [0.1, 0.15) is 11.9 Å². The SMILES string of the molecule is O=C(Cc1ccc(CC(=O)N[C@]2(C(=O)OC3CN4CCC3CC4)CCc3ccccc32)cc1)Nc1ccc(CNCC(O)c2ccc(O)c3[nH]c(=O)ccc23)cc1. The number of esters is 1. The number of amides is 2. The van der Waals surface area contributed by atoms with Crippen LogP contribution >= 0.6 is 0 Å². The maximum atomic E-state index is 14.0. The van der Waals surface area contributed by atoms with Gasteiger partial charge in [0.15, 0.2) is 5.54 Å². The number of pyridine rings is 1. The largest absolute Gasteiger partial charge is 0.506 e. The third kappa shape index (κ3) is 8.34. The molecule has 12 heteroatoms. The molecule has 3 saturated heterocycles. The first-order chi connectivity index (χ1) is 27.6. The number of hydrogen-bond donors (Lipinski definition) is 6. The van der Waals surface area contributed by atoms with Crippen molar-refractivity contribution in [3.8, 4) is 5.75 Å². The van der Waals surface area contributed by atoms with Gasteiger partial charge in [0, 0.05) is 36.8 Å². The molecule has 1 aromatic heterocycles. The zero-order valence-corrected chi connectivity index (χ0v) is 31.6. The second-order valence-corrected chi connectivity index (χ2v) is 15.5. The molecule has 0 saturated carbocycles. The van der Waals surface area contributed by atoms with Crippen LogP contribution in [0.1, 0.15) is 58.7 Å². The van der Waals surface area contributed by atoms with Crippen LogP contribution in [0.25, 0.3) is 10.9 Å². The van der Waals surface area contributed by atoms with Gasteiger partial charge >= 0.3 is 5.97 Å². The maximum Gasteiger partial charge on any atom is 0.336 e. The van der Waals surface area contributed by atoms with E-state index in [-0.39, 0.29) is 60.1 Å². The van der Waals surface area contributed by atoms with Crippen molar-refractivity contribution in [2.24, 2.45) is 5.92 Å². The van der Waals surface area contributed by atoms with Crippen LogP contribution in [-0.4, -0.2) is 70.2 Å². The number of phenols is 1. The number of H-pyrrole nitrogens is 1. The number of aryl methyl sites for hydroxylation is 1. The van der Waals surface area contributed by atoms with E-state index in [4.69, 9.17) is 4.74 Å². The van der Waals surface area contributed by atoms with Crippen LogP contribution in [0.3, 0.4) is 0 Å². The van der Waals surface area contributed by atoms with Crippen molar-refractivity contribution in [1.29, 1.82) is 0 Å². The summed E-state index contributed by atoms with van der Waals surface area (Å²) in [5.74, 6) is -0.511. The van der Waals surface area contributed by atoms with Gasteiger partial charge in [-0.25, -0.2) is 4.79 Å². The molecule has 3 atom stereocenters. The highest BCUT2D eigenvalue weighted by Crippen LogP contribution is 2.40. The van der Waals surface area contributed by atoms with Crippen molar-refractivity contribution in [2.75, 3.05) is 31.5 Å². The molecule has 4 heterocycles. The number of rotatable bonds is 13. The number of benzene rings is 4. The minimum Gasteiger partial charge on any atom is -0.506 e. The van der Waals surface area contributed by atoms with Gasteiger partial charge in [0.25, 0.3) is 0 Å². The predicted molar refractivity (Wildman–Crippen MR) is 215 cm³/mol. The number of carbonyl (C=O) groups excluding carboxylic acids is 3. The van der Waals surface area contributed by atoms with Crippen LogP contribution in [0.4, 0.5) is 5.69 Å². The quantitative estimate of drug-likeness (QED) is 0.0952. The Kier molecular flexibility index (Phi) is 10.9. The van der Waals surface area contributed by atoms with Gasteiger partial charge in [-0.3, -0.25) is 19.3 Å². The van der Waals surface area contributed by atoms with E-state index >= 15 is 0 Å². The number of aromatic amines is 1. The highest BCUT2D eigenvalue weighted by molar-refractivity contribution is 5.93. The Morgan fingerprint density at radius 3 is 2.28 bits per heavy atom. The Balaban J connectivity index is 0.818. The summed E-state index contributed by atoms with van der Waals surface area (Å²) in [6.45, 7) is 3.56. The van der Waals surface area contributed by atoms with Crippen molar-refractivity contribution in [1.82, 2.24) is 20.5 Å². The Hall–Kier alpha value is -5.82. The summed E-state index contributed by atoms with van der Waals surface area (Å²) in [5.41, 5.74) is 4.35. The highest BCUT2D eigenvalue weighted by atomic mass is 16.5. The van der Waals surface area contributed by atoms with Gasteiger partial charge in [-0.1, -0.05) is 66.7 Å². The number of ether oxygens (including phenoxy) is 1. The van der Waals surface area contributed by atoms with E-state index in [2.05, 4.69) is 25.8 Å². The van der Waals surface area contributed by atoms with Gasteiger partial charge in [0.2, 0.25) is 17.4 Å². The van der Waals surface area contributed by atoms with Crippen LogP contribution in [0, 0.1) is 5.92 Å². The van der Waals surface area contributed by atoms with Crippen molar-refractivity contribution in [3.05, 3.63) is 141 Å². The second-order valence-electron chi connectivity index (χ2n) is 15.5. The molecule has 4 aromatic carbocycles. The number of nitrogens with one attached hydrogen (secondary N) is 4. The standard InChI is InChI=1S/C45H47N5O7/c51-37-15-13-34(35-14-16-40(53)48-43(35)37)38(52)26-46-25-30-9-11-33(12-10-30)47-41(54)23-28-5-7-29(8-6-28)24-42(55)49-45(20-17-31-3-1-2-4-36(31)45)44(56)57-39-27-50-21-18-32(39)19-22-50/h1-16,32,38-39,46,51-52H,17-27H2,(H,47,54)(H,48,53)(H,49,55)/t38?,39?,45-/m1/s1. The highest BCUT2D eigenvalue weighted by Gasteiger charge is 2.50. The molecular weight excluding hydrogens is 723 g/mol. The smallest absolute Gasteiger partial charge is 0.336 e. The molecule has 9 rings (SSSR count). The number of anilines is 1. The summed E-state index contributed by atoms with van der Waals surface area (Å²) in [4.78, 5) is 57.2. The topological polar surface area (TPSA) is 173 Å². The van der Waals surface area contributed by atoms with Crippen molar-refractivity contribution in [2.45, 2.75) is 62.8 Å². The summed E-state index contributed by atoms with van der Waals surface area (Å²) in [7, 11) is 0. The Bertz CT molecular complexity index is 2340. The van der Waals surface area contributed by atoms with Crippen molar-refractivity contribution in [3.63, 3.8) is 0 Å². The molecule has 3 fully saturated rings. The number of fused-ring (bicyclic) bond motifs is 5. The molecule has 1 aliphatic carbocycles. The summed E-state index contributed by atoms with van der Waals surface area (Å²) in [5, 5.41) is 30.8. The monoisotopic (exact) mass is 769 g/mol. The number of aliphatic hydroxyl groups excluding tert-OH is 1. The maximum absolute atomic E-state index is 14.0. The minimum absolute atomic E-state index is 0.0612. The Morgan fingerprint density at radius 2 is 1.56 bits per heavy atom. The lowest BCUT2D eigenvalue weighted by Crippen LogP contribution is -2.56. The molecular formula is C45H47N5O7. The predicted octanol–water partition coefficient (Wildman–Crippen LogP) is 4.38. The molecule has 2 bridgehead atoms. The fourth-order valence-electron chi connectivity index (χ4n) is 8.64. The molecule has 2 amide bonds. The molecule has 4 aliphatic rings. The number of aromatic nitrogens is 1. The molecule has 57 heavy (non-hydrogen) atoms. The van der Waals surface area contributed by atoms with Gasteiger partial charge in [-0.2, -0.15) is 0 Å². The number of carbonyl (C=O) groups is 3. The van der Waals surface area contributed by atoms with E-state index in [1.807, 2.05) is 72.8 Å². The average Bonchev–Trinajstić information content (AvgIpc) is 3.59. The van der Waals surface area contributed by atoms with Gasteiger partial charge in [-0.15, -0.1) is 0 Å². The fourth-order valence-corrected chi connectivity index (χ4v) is 8.64. The van der Waals surface area contributed by atoms with Crippen LogP contribution in [-0.2, 0) is 50.5 Å². The van der Waals surface area contributed by atoms with E-state index in [1.54, 1.807) is 12.1 Å². The molecule has 0 radical (unpaired) electrons. The van der Waals surface area contributed by atoms with E-state index < -0.39 is 11.6 Å². The second kappa shape index (κ2) is 16.3. The van der Waals surface area contributed by atoms with E-state index in [1.165, 1.54) is 12.1 Å². The van der Waals surface area contributed by atoms with E-state index in [0.29, 0.717) is 41.9 Å². The Morgan fingerprint density at radius 1 is 0.860 bits per heavy atom. The summed E-state index contributed by atoms with van der Waals surface area (Å²) in [6, 6.07) is 28.6. The number of aliphatic hydroxyl groups is 1. The molecule has 0 spiro atoms. The molecule has 5 aromatic rings. The number of nitrogens with zero attached hydrogens (tertiary/aromatic N) is 1. The zero-order valence-electron chi connectivity index (χ0n) is 31.6. The lowest BCUT2D eigenvalue weighted by molar-refractivity contribution is -0.168. The molecule has 294 valence electrons. The third-order valence-electron chi connectivity index (χ3n) is 11.7. The summed E-state index contributed by atoms with van der Waals surface area (Å²) >= 11 is 0. The first-order valence-corrected chi connectivity index (χ1v) is 19.7. The first-order valence-electron chi connectivity index (χ1n) is 19.7. The van der Waals surface area contributed by atoms with E-state index in [9.17, 15) is 29.4 Å². The lowest BCUT2D eigenvalue weighted by atomic mass is 9.85. The number of hydrogen-bond acceptors (Lipinski definition) is 9. The van der Waals surface area contributed by atoms with Crippen LogP contribution < -0.4 is 21.5 Å². The fraction of sp³-hybridized carbons (Fsp3) is 0.333. The summed E-state index contributed by atoms with van der Waals surface area (Å²) in [6.07, 6.45) is 2.40. The molecule has 12 nitrogen and oxygen atoms in total. The number of aromatic hydroxyl groups is 1. The van der Waals surface area contributed by atoms with Crippen LogP contribution in [0.5, 0.6) is 5.75 Å². The van der Waals surface area contributed by atoms with Crippen molar-refractivity contribution < 1.29 is 29.3 Å².